The van der Waals surface area contributed by atoms with Crippen LogP contribution in [0.15, 0.2) is 6.20 Å². The van der Waals surface area contributed by atoms with Gasteiger partial charge in [-0.2, -0.15) is 16.9 Å². The van der Waals surface area contributed by atoms with Gasteiger partial charge in [0.25, 0.3) is 0 Å². The van der Waals surface area contributed by atoms with Crippen LogP contribution in [0.1, 0.15) is 31.6 Å². The first kappa shape index (κ1) is 14.6. The number of hydrazine groups is 1. The number of nitrogens with two attached hydrogens (primary N) is 1. The van der Waals surface area contributed by atoms with E-state index in [1.807, 2.05) is 16.4 Å². The van der Waals surface area contributed by atoms with Crippen molar-refractivity contribution in [3.05, 3.63) is 11.9 Å². The van der Waals surface area contributed by atoms with Gasteiger partial charge in [0.1, 0.15) is 5.69 Å². The van der Waals surface area contributed by atoms with Crippen molar-refractivity contribution in [1.82, 2.24) is 15.2 Å². The summed E-state index contributed by atoms with van der Waals surface area (Å²) in [5.41, 5.74) is 3.82. The van der Waals surface area contributed by atoms with Crippen LogP contribution in [0.25, 0.3) is 0 Å². The van der Waals surface area contributed by atoms with Crippen LogP contribution in [0, 0.1) is 0 Å². The average molecular weight is 286 g/mol. The SMILES string of the molecule is COc1cnn(C(C)C)c1C(NN)C1CSCCO1. The number of hydrogen-bond acceptors (Lipinski definition) is 6. The fourth-order valence-corrected chi connectivity index (χ4v) is 3.18. The number of rotatable bonds is 5. The first-order chi connectivity index (χ1) is 9.19. The van der Waals surface area contributed by atoms with E-state index in [4.69, 9.17) is 15.3 Å². The molecule has 19 heavy (non-hydrogen) atoms. The second-order valence-electron chi connectivity index (χ2n) is 4.76. The van der Waals surface area contributed by atoms with Crippen molar-refractivity contribution in [2.75, 3.05) is 25.2 Å². The zero-order valence-corrected chi connectivity index (χ0v) is 12.4. The molecular formula is C12H22N4O2S. The molecule has 0 bridgehead atoms. The molecule has 108 valence electrons. The van der Waals surface area contributed by atoms with E-state index in [1.54, 1.807) is 13.3 Å². The lowest BCUT2D eigenvalue weighted by Crippen LogP contribution is -2.42. The van der Waals surface area contributed by atoms with Gasteiger partial charge < -0.3 is 9.47 Å². The Labute approximate surface area is 118 Å². The van der Waals surface area contributed by atoms with Gasteiger partial charge in [0, 0.05) is 17.5 Å². The second kappa shape index (κ2) is 6.60. The maximum absolute atomic E-state index is 5.83. The Bertz CT molecular complexity index is 404. The Balaban J connectivity index is 2.32. The Morgan fingerprint density at radius 1 is 1.63 bits per heavy atom. The van der Waals surface area contributed by atoms with Crippen LogP contribution in [-0.4, -0.2) is 41.1 Å². The molecule has 3 N–H and O–H groups in total. The maximum atomic E-state index is 5.83. The van der Waals surface area contributed by atoms with Crippen LogP contribution in [-0.2, 0) is 4.74 Å². The number of nitrogens with zero attached hydrogens (tertiary/aromatic N) is 2. The molecule has 7 heteroatoms. The highest BCUT2D eigenvalue weighted by molar-refractivity contribution is 7.99. The van der Waals surface area contributed by atoms with E-state index in [1.165, 1.54) is 0 Å². The standard InChI is InChI=1S/C12H22N4O2S/c1-8(2)16-12(9(17-3)6-14-16)11(15-13)10-7-19-5-4-18-10/h6,8,10-11,15H,4-5,7,13H2,1-3H3. The first-order valence-corrected chi connectivity index (χ1v) is 7.61. The normalized spacial score (nSPS) is 21.6. The van der Waals surface area contributed by atoms with Crippen molar-refractivity contribution in [1.29, 1.82) is 0 Å². The lowest BCUT2D eigenvalue weighted by Gasteiger charge is -2.31. The smallest absolute Gasteiger partial charge is 0.161 e. The monoisotopic (exact) mass is 286 g/mol. The quantitative estimate of drug-likeness (QED) is 0.624. The van der Waals surface area contributed by atoms with Gasteiger partial charge in [0.2, 0.25) is 0 Å². The van der Waals surface area contributed by atoms with Crippen molar-refractivity contribution in [3.8, 4) is 5.75 Å². The summed E-state index contributed by atoms with van der Waals surface area (Å²) in [6.45, 7) is 4.92. The molecule has 2 atom stereocenters. The van der Waals surface area contributed by atoms with Gasteiger partial charge in [0.15, 0.2) is 5.75 Å². The molecule has 2 unspecified atom stereocenters. The largest absolute Gasteiger partial charge is 0.493 e. The van der Waals surface area contributed by atoms with Gasteiger partial charge in [-0.25, -0.2) is 5.43 Å². The zero-order chi connectivity index (χ0) is 13.8. The highest BCUT2D eigenvalue weighted by atomic mass is 32.2. The Hall–Kier alpha value is -0.760. The Kier molecular flexibility index (Phi) is 5.09. The molecule has 2 rings (SSSR count). The lowest BCUT2D eigenvalue weighted by atomic mass is 10.1. The number of ether oxygens (including phenoxy) is 2. The molecule has 1 aliphatic rings. The molecule has 0 radical (unpaired) electrons. The van der Waals surface area contributed by atoms with Crippen molar-refractivity contribution < 1.29 is 9.47 Å². The number of aromatic nitrogens is 2. The van der Waals surface area contributed by atoms with Gasteiger partial charge >= 0.3 is 0 Å². The van der Waals surface area contributed by atoms with Crippen LogP contribution in [0.4, 0.5) is 0 Å². The number of nitrogens with one attached hydrogen (secondary N) is 1. The summed E-state index contributed by atoms with van der Waals surface area (Å²) in [5, 5.41) is 4.38. The summed E-state index contributed by atoms with van der Waals surface area (Å²) in [5.74, 6) is 8.45. The van der Waals surface area contributed by atoms with Crippen molar-refractivity contribution in [2.24, 2.45) is 5.84 Å². The second-order valence-corrected chi connectivity index (χ2v) is 5.91. The summed E-state index contributed by atoms with van der Waals surface area (Å²) >= 11 is 1.88. The van der Waals surface area contributed by atoms with Gasteiger partial charge in [0.05, 0.1) is 32.1 Å². The first-order valence-electron chi connectivity index (χ1n) is 6.46. The van der Waals surface area contributed by atoms with E-state index in [-0.39, 0.29) is 18.2 Å². The third-order valence-electron chi connectivity index (χ3n) is 3.20. The number of hydrogen-bond donors (Lipinski definition) is 2. The summed E-state index contributed by atoms with van der Waals surface area (Å²) in [4.78, 5) is 0. The molecule has 0 amide bonds. The predicted molar refractivity (Wildman–Crippen MR) is 76.3 cm³/mol. The van der Waals surface area contributed by atoms with Gasteiger partial charge in [-0.1, -0.05) is 0 Å². The number of thioether (sulfide) groups is 1. The number of methoxy groups -OCH3 is 1. The molecule has 1 aliphatic heterocycles. The summed E-state index contributed by atoms with van der Waals surface area (Å²) in [6, 6.07) is 0.124. The van der Waals surface area contributed by atoms with E-state index in [2.05, 4.69) is 24.4 Å². The molecule has 0 aromatic carbocycles. The van der Waals surface area contributed by atoms with Crippen LogP contribution in [0.2, 0.25) is 0 Å². The molecule has 6 nitrogen and oxygen atoms in total. The molecule has 0 saturated carbocycles. The Morgan fingerprint density at radius 2 is 2.42 bits per heavy atom. The fraction of sp³-hybridized carbons (Fsp3) is 0.750. The fourth-order valence-electron chi connectivity index (χ4n) is 2.28. The molecular weight excluding hydrogens is 264 g/mol. The van der Waals surface area contributed by atoms with Crippen molar-refractivity contribution in [3.63, 3.8) is 0 Å². The molecule has 0 aliphatic carbocycles. The van der Waals surface area contributed by atoms with Crippen LogP contribution >= 0.6 is 11.8 Å². The maximum Gasteiger partial charge on any atom is 0.161 e. The molecule has 1 fully saturated rings. The highest BCUT2D eigenvalue weighted by Gasteiger charge is 2.31. The van der Waals surface area contributed by atoms with Crippen molar-refractivity contribution in [2.45, 2.75) is 32.0 Å². The van der Waals surface area contributed by atoms with E-state index >= 15 is 0 Å². The summed E-state index contributed by atoms with van der Waals surface area (Å²) in [6.07, 6.45) is 1.77. The van der Waals surface area contributed by atoms with Crippen LogP contribution in [0.3, 0.4) is 0 Å². The van der Waals surface area contributed by atoms with Crippen molar-refractivity contribution >= 4 is 11.8 Å². The van der Waals surface area contributed by atoms with E-state index in [9.17, 15) is 0 Å². The Morgan fingerprint density at radius 3 is 2.95 bits per heavy atom. The third kappa shape index (κ3) is 3.05. The van der Waals surface area contributed by atoms with E-state index in [0.717, 1.165) is 29.6 Å². The molecule has 0 spiro atoms. The zero-order valence-electron chi connectivity index (χ0n) is 11.6. The van der Waals surface area contributed by atoms with Gasteiger partial charge in [-0.05, 0) is 13.8 Å². The van der Waals surface area contributed by atoms with Crippen LogP contribution in [0.5, 0.6) is 5.75 Å². The summed E-state index contributed by atoms with van der Waals surface area (Å²) < 4.78 is 13.2. The predicted octanol–water partition coefficient (Wildman–Crippen LogP) is 1.11. The van der Waals surface area contributed by atoms with Crippen LogP contribution < -0.4 is 16.0 Å². The van der Waals surface area contributed by atoms with Gasteiger partial charge in [-0.15, -0.1) is 0 Å². The third-order valence-corrected chi connectivity index (χ3v) is 4.21. The lowest BCUT2D eigenvalue weighted by molar-refractivity contribution is 0.0434. The minimum atomic E-state index is -0.118. The van der Waals surface area contributed by atoms with E-state index < -0.39 is 0 Å². The average Bonchev–Trinajstić information content (AvgIpc) is 2.85. The molecule has 1 aromatic rings. The minimum absolute atomic E-state index is 0.0341. The molecule has 1 saturated heterocycles. The van der Waals surface area contributed by atoms with Gasteiger partial charge in [-0.3, -0.25) is 10.5 Å². The summed E-state index contributed by atoms with van der Waals surface area (Å²) in [7, 11) is 1.65. The van der Waals surface area contributed by atoms with E-state index in [0.29, 0.717) is 0 Å². The highest BCUT2D eigenvalue weighted by Crippen LogP contribution is 2.32. The topological polar surface area (TPSA) is 74.3 Å². The molecule has 1 aromatic heterocycles. The minimum Gasteiger partial charge on any atom is -0.493 e. The molecule has 2 heterocycles.